The third kappa shape index (κ3) is 3.36. The van der Waals surface area contributed by atoms with Crippen LogP contribution in [0.5, 0.6) is 11.5 Å². The van der Waals surface area contributed by atoms with Gasteiger partial charge in [-0.25, -0.2) is 5.01 Å². The Kier molecular flexibility index (Phi) is 4.38. The van der Waals surface area contributed by atoms with Crippen molar-refractivity contribution in [3.05, 3.63) is 77.6 Å². The highest BCUT2D eigenvalue weighted by atomic mass is 16.5. The number of nitriles is 1. The summed E-state index contributed by atoms with van der Waals surface area (Å²) in [6.07, 6.45) is 1.90. The molecule has 0 unspecified atom stereocenters. The first-order valence-electron chi connectivity index (χ1n) is 8.95. The molecule has 2 N–H and O–H groups in total. The molecule has 0 spiro atoms. The summed E-state index contributed by atoms with van der Waals surface area (Å²) in [6.45, 7) is 4.20. The number of nitrogens with zero attached hydrogens (tertiary/aromatic N) is 3. The summed E-state index contributed by atoms with van der Waals surface area (Å²) in [5.41, 5.74) is 8.37. The molecule has 6 heteroatoms. The predicted octanol–water partition coefficient (Wildman–Crippen LogP) is 4.08. The van der Waals surface area contributed by atoms with Crippen molar-refractivity contribution in [2.45, 2.75) is 19.4 Å². The zero-order valence-electron chi connectivity index (χ0n) is 15.7. The number of benzene rings is 2. The number of ether oxygens (including phenoxy) is 2. The standard InChI is InChI=1S/C22H20N4O2/c1-22(2)12-18-19(13-23)21(24)26(25-20(18)14-27-22)15-7-6-10-17(11-15)28-16-8-4-3-5-9-16/h3-12H,14,24H2,1-2H3. The second-order valence-corrected chi connectivity index (χ2v) is 7.09. The SMILES string of the molecule is CC1(C)C=C2C(=NN(c3cccc(Oc4ccccc4)c3)C(N)=C2C#N)CO1. The van der Waals surface area contributed by atoms with Gasteiger partial charge in [0.05, 0.1) is 23.6 Å². The maximum absolute atomic E-state index is 9.71. The zero-order valence-corrected chi connectivity index (χ0v) is 15.7. The summed E-state index contributed by atoms with van der Waals surface area (Å²) >= 11 is 0. The molecule has 2 aliphatic heterocycles. The highest BCUT2D eigenvalue weighted by Gasteiger charge is 2.33. The van der Waals surface area contributed by atoms with E-state index in [2.05, 4.69) is 11.2 Å². The predicted molar refractivity (Wildman–Crippen MR) is 108 cm³/mol. The highest BCUT2D eigenvalue weighted by molar-refractivity contribution is 6.08. The lowest BCUT2D eigenvalue weighted by Gasteiger charge is -2.34. The summed E-state index contributed by atoms with van der Waals surface area (Å²) < 4.78 is 11.7. The van der Waals surface area contributed by atoms with Crippen LogP contribution in [0.25, 0.3) is 0 Å². The number of para-hydroxylation sites is 1. The first kappa shape index (κ1) is 17.8. The molecule has 0 bridgehead atoms. The highest BCUT2D eigenvalue weighted by Crippen LogP contribution is 2.34. The normalized spacial score (nSPS) is 18.0. The van der Waals surface area contributed by atoms with E-state index in [-0.39, 0.29) is 5.82 Å². The molecule has 0 atom stereocenters. The number of hydrogen-bond acceptors (Lipinski definition) is 6. The number of anilines is 1. The molecule has 0 amide bonds. The van der Waals surface area contributed by atoms with E-state index in [0.29, 0.717) is 29.3 Å². The van der Waals surface area contributed by atoms with Gasteiger partial charge >= 0.3 is 0 Å². The van der Waals surface area contributed by atoms with E-state index in [1.165, 1.54) is 0 Å². The molecule has 2 aromatic carbocycles. The Balaban J connectivity index is 1.71. The molecule has 2 heterocycles. The van der Waals surface area contributed by atoms with Crippen LogP contribution in [0.4, 0.5) is 5.69 Å². The van der Waals surface area contributed by atoms with E-state index < -0.39 is 5.60 Å². The Morgan fingerprint density at radius 1 is 1.14 bits per heavy atom. The first-order valence-corrected chi connectivity index (χ1v) is 8.95. The molecule has 6 nitrogen and oxygen atoms in total. The van der Waals surface area contributed by atoms with Crippen LogP contribution in [0.3, 0.4) is 0 Å². The molecule has 2 aromatic rings. The minimum Gasteiger partial charge on any atom is -0.457 e. The minimum atomic E-state index is -0.470. The largest absolute Gasteiger partial charge is 0.457 e. The number of fused-ring (bicyclic) bond motifs is 1. The van der Waals surface area contributed by atoms with Crippen LogP contribution < -0.4 is 15.5 Å². The number of allylic oxidation sites excluding steroid dienone is 1. The third-order valence-electron chi connectivity index (χ3n) is 4.51. The van der Waals surface area contributed by atoms with Crippen molar-refractivity contribution < 1.29 is 9.47 Å². The van der Waals surface area contributed by atoms with E-state index in [4.69, 9.17) is 15.2 Å². The second-order valence-electron chi connectivity index (χ2n) is 7.09. The van der Waals surface area contributed by atoms with Crippen LogP contribution in [0.1, 0.15) is 13.8 Å². The smallest absolute Gasteiger partial charge is 0.144 e. The van der Waals surface area contributed by atoms with Gasteiger partial charge < -0.3 is 15.2 Å². The topological polar surface area (TPSA) is 83.9 Å². The van der Waals surface area contributed by atoms with Crippen LogP contribution in [0, 0.1) is 11.3 Å². The molecular weight excluding hydrogens is 352 g/mol. The van der Waals surface area contributed by atoms with Gasteiger partial charge in [-0.2, -0.15) is 10.4 Å². The maximum Gasteiger partial charge on any atom is 0.144 e. The minimum absolute atomic E-state index is 0.284. The number of hydrazone groups is 1. The molecule has 0 saturated heterocycles. The fourth-order valence-electron chi connectivity index (χ4n) is 3.14. The van der Waals surface area contributed by atoms with Gasteiger partial charge in [0, 0.05) is 11.6 Å². The third-order valence-corrected chi connectivity index (χ3v) is 4.51. The van der Waals surface area contributed by atoms with Crippen molar-refractivity contribution in [1.82, 2.24) is 0 Å². The Hall–Kier alpha value is -3.56. The van der Waals surface area contributed by atoms with E-state index in [0.717, 1.165) is 11.3 Å². The van der Waals surface area contributed by atoms with Gasteiger partial charge in [-0.3, -0.25) is 0 Å². The molecule has 0 radical (unpaired) electrons. The average Bonchev–Trinajstić information content (AvgIpc) is 2.68. The molecule has 140 valence electrons. The Morgan fingerprint density at radius 2 is 1.89 bits per heavy atom. The van der Waals surface area contributed by atoms with E-state index in [1.807, 2.05) is 74.5 Å². The van der Waals surface area contributed by atoms with Crippen LogP contribution in [0.2, 0.25) is 0 Å². The molecule has 28 heavy (non-hydrogen) atoms. The molecule has 0 aromatic heterocycles. The lowest BCUT2D eigenvalue weighted by atomic mass is 9.92. The summed E-state index contributed by atoms with van der Waals surface area (Å²) in [6, 6.07) is 19.2. The number of nitrogens with two attached hydrogens (primary N) is 1. The maximum atomic E-state index is 9.71. The number of rotatable bonds is 3. The van der Waals surface area contributed by atoms with Crippen molar-refractivity contribution in [3.8, 4) is 17.6 Å². The monoisotopic (exact) mass is 372 g/mol. The van der Waals surface area contributed by atoms with Crippen LogP contribution in [-0.2, 0) is 4.74 Å². The van der Waals surface area contributed by atoms with Gasteiger partial charge in [0.15, 0.2) is 0 Å². The van der Waals surface area contributed by atoms with Crippen molar-refractivity contribution in [1.29, 1.82) is 5.26 Å². The quantitative estimate of drug-likeness (QED) is 0.877. The Morgan fingerprint density at radius 3 is 2.64 bits per heavy atom. The van der Waals surface area contributed by atoms with E-state index >= 15 is 0 Å². The van der Waals surface area contributed by atoms with Gasteiger partial charge in [-0.1, -0.05) is 24.3 Å². The summed E-state index contributed by atoms with van der Waals surface area (Å²) in [5.74, 6) is 1.67. The zero-order chi connectivity index (χ0) is 19.7. The van der Waals surface area contributed by atoms with Crippen molar-refractivity contribution in [3.63, 3.8) is 0 Å². The van der Waals surface area contributed by atoms with E-state index in [1.54, 1.807) is 5.01 Å². The van der Waals surface area contributed by atoms with Gasteiger partial charge in [-0.15, -0.1) is 0 Å². The van der Waals surface area contributed by atoms with Gasteiger partial charge in [0.2, 0.25) is 0 Å². The van der Waals surface area contributed by atoms with Crippen molar-refractivity contribution in [2.24, 2.45) is 10.8 Å². The van der Waals surface area contributed by atoms with E-state index in [9.17, 15) is 5.26 Å². The van der Waals surface area contributed by atoms with Crippen LogP contribution >= 0.6 is 0 Å². The fourth-order valence-corrected chi connectivity index (χ4v) is 3.14. The van der Waals surface area contributed by atoms with Crippen LogP contribution in [0.15, 0.2) is 82.7 Å². The summed E-state index contributed by atoms with van der Waals surface area (Å²) in [4.78, 5) is 0. The lowest BCUT2D eigenvalue weighted by molar-refractivity contribution is 0.0409. The fraction of sp³-hybridized carbons (Fsp3) is 0.182. The van der Waals surface area contributed by atoms with Crippen LogP contribution in [-0.4, -0.2) is 17.9 Å². The molecule has 0 fully saturated rings. The summed E-state index contributed by atoms with van der Waals surface area (Å²) in [5, 5.41) is 15.9. The Bertz CT molecular complexity index is 1050. The molecule has 0 aliphatic carbocycles. The molecule has 2 aliphatic rings. The lowest BCUT2D eigenvalue weighted by Crippen LogP contribution is -2.39. The number of hydrogen-bond donors (Lipinski definition) is 1. The molecule has 4 rings (SSSR count). The molecular formula is C22H20N4O2. The second kappa shape index (κ2) is 6.87. The summed E-state index contributed by atoms with van der Waals surface area (Å²) in [7, 11) is 0. The van der Waals surface area contributed by atoms with Gasteiger partial charge in [0.1, 0.15) is 29.0 Å². The van der Waals surface area contributed by atoms with Gasteiger partial charge in [0.25, 0.3) is 0 Å². The Labute approximate surface area is 163 Å². The van der Waals surface area contributed by atoms with Crippen molar-refractivity contribution in [2.75, 3.05) is 11.6 Å². The van der Waals surface area contributed by atoms with Crippen molar-refractivity contribution >= 4 is 11.4 Å². The molecule has 0 saturated carbocycles. The average molecular weight is 372 g/mol. The van der Waals surface area contributed by atoms with Gasteiger partial charge in [-0.05, 0) is 44.2 Å². The first-order chi connectivity index (χ1) is 13.5.